The lowest BCUT2D eigenvalue weighted by Crippen LogP contribution is -2.51. The number of carbonyl (C=O) groups is 1. The fraction of sp³-hybridized carbons (Fsp3) is 0.393. The lowest BCUT2D eigenvalue weighted by Gasteiger charge is -2.38. The van der Waals surface area contributed by atoms with Crippen LogP contribution in [0.15, 0.2) is 30.3 Å². The molecule has 10 heteroatoms. The van der Waals surface area contributed by atoms with Crippen LogP contribution in [0, 0.1) is 5.92 Å². The highest BCUT2D eigenvalue weighted by Gasteiger charge is 2.40. The number of fused-ring (bicyclic) bond motifs is 3. The summed E-state index contributed by atoms with van der Waals surface area (Å²) in [4.78, 5) is 13.2. The second kappa shape index (κ2) is 9.54. The third kappa shape index (κ3) is 3.79. The van der Waals surface area contributed by atoms with Crippen LogP contribution in [0.25, 0.3) is 21.9 Å². The molecule has 1 fully saturated rings. The fourth-order valence-electron chi connectivity index (χ4n) is 5.31. The highest BCUT2D eigenvalue weighted by Crippen LogP contribution is 2.49. The van der Waals surface area contributed by atoms with Gasteiger partial charge in [-0.1, -0.05) is 13.0 Å². The molecule has 0 spiro atoms. The smallest absolute Gasteiger partial charge is 0.339 e. The Morgan fingerprint density at radius 1 is 0.921 bits per heavy atom. The number of benzene rings is 3. The molecule has 6 rings (SSSR count). The van der Waals surface area contributed by atoms with Crippen molar-refractivity contribution < 1.29 is 47.8 Å². The van der Waals surface area contributed by atoms with Gasteiger partial charge in [0.15, 0.2) is 23.0 Å². The minimum Gasteiger partial charge on any atom is -0.493 e. The van der Waals surface area contributed by atoms with E-state index in [1.807, 2.05) is 19.1 Å². The Bertz CT molecular complexity index is 1420. The number of hydrogen-bond acceptors (Lipinski definition) is 10. The van der Waals surface area contributed by atoms with Crippen LogP contribution in [0.2, 0.25) is 0 Å². The number of carbonyl (C=O) groups excluding carboxylic acids is 1. The first-order valence-electron chi connectivity index (χ1n) is 12.3. The Morgan fingerprint density at radius 3 is 2.39 bits per heavy atom. The first-order valence-corrected chi connectivity index (χ1v) is 12.3. The van der Waals surface area contributed by atoms with E-state index < -0.39 is 18.4 Å². The third-order valence-corrected chi connectivity index (χ3v) is 7.44. The number of methoxy groups -OCH3 is 3. The maximum Gasteiger partial charge on any atom is 0.339 e. The van der Waals surface area contributed by atoms with Crippen molar-refractivity contribution in [2.45, 2.75) is 32.0 Å². The van der Waals surface area contributed by atoms with Crippen molar-refractivity contribution in [3.05, 3.63) is 41.5 Å². The second-order valence-electron chi connectivity index (χ2n) is 9.40. The van der Waals surface area contributed by atoms with Gasteiger partial charge in [0.05, 0.1) is 32.5 Å². The van der Waals surface area contributed by atoms with E-state index >= 15 is 0 Å². The van der Waals surface area contributed by atoms with Crippen LogP contribution in [0.1, 0.15) is 22.8 Å². The molecular formula is C28H28O10. The summed E-state index contributed by atoms with van der Waals surface area (Å²) in [5.41, 5.74) is 2.30. The van der Waals surface area contributed by atoms with E-state index in [-0.39, 0.29) is 32.0 Å². The number of hydrogen-bond donors (Lipinski definition) is 1. The maximum atomic E-state index is 13.2. The van der Waals surface area contributed by atoms with E-state index in [1.165, 1.54) is 0 Å². The fourth-order valence-corrected chi connectivity index (χ4v) is 5.31. The van der Waals surface area contributed by atoms with Crippen LogP contribution < -0.4 is 23.7 Å². The Morgan fingerprint density at radius 2 is 1.66 bits per heavy atom. The minimum absolute atomic E-state index is 0.00437. The van der Waals surface area contributed by atoms with Gasteiger partial charge in [0, 0.05) is 29.5 Å². The molecule has 1 saturated heterocycles. The van der Waals surface area contributed by atoms with Crippen LogP contribution in [0.3, 0.4) is 0 Å². The van der Waals surface area contributed by atoms with Gasteiger partial charge in [0.2, 0.25) is 13.1 Å². The van der Waals surface area contributed by atoms with Crippen LogP contribution >= 0.6 is 0 Å². The topological polar surface area (TPSA) is 111 Å². The largest absolute Gasteiger partial charge is 0.493 e. The summed E-state index contributed by atoms with van der Waals surface area (Å²) in [5.74, 6) is 1.82. The van der Waals surface area contributed by atoms with Gasteiger partial charge >= 0.3 is 5.97 Å². The zero-order valence-electron chi connectivity index (χ0n) is 21.4. The van der Waals surface area contributed by atoms with E-state index in [0.717, 1.165) is 5.56 Å². The quantitative estimate of drug-likeness (QED) is 0.480. The van der Waals surface area contributed by atoms with Crippen molar-refractivity contribution in [1.82, 2.24) is 0 Å². The van der Waals surface area contributed by atoms with Crippen molar-refractivity contribution in [3.8, 4) is 39.9 Å². The molecular weight excluding hydrogens is 496 g/mol. The molecule has 200 valence electrons. The Balaban J connectivity index is 1.58. The predicted molar refractivity (Wildman–Crippen MR) is 134 cm³/mol. The zero-order chi connectivity index (χ0) is 26.6. The maximum absolute atomic E-state index is 13.2. The van der Waals surface area contributed by atoms with Crippen molar-refractivity contribution in [3.63, 3.8) is 0 Å². The van der Waals surface area contributed by atoms with Gasteiger partial charge in [-0.25, -0.2) is 4.79 Å². The van der Waals surface area contributed by atoms with Crippen LogP contribution in [0.5, 0.6) is 28.7 Å². The third-order valence-electron chi connectivity index (χ3n) is 7.44. The number of aliphatic hydroxyl groups excluding tert-OH is 1. The molecule has 3 aliphatic heterocycles. The highest BCUT2D eigenvalue weighted by atomic mass is 16.7. The summed E-state index contributed by atoms with van der Waals surface area (Å²) in [6.45, 7) is 2.26. The summed E-state index contributed by atoms with van der Waals surface area (Å²) in [6, 6.07) is 9.10. The first-order chi connectivity index (χ1) is 18.4. The minimum atomic E-state index is -0.983. The molecule has 3 heterocycles. The van der Waals surface area contributed by atoms with Gasteiger partial charge in [0.25, 0.3) is 0 Å². The van der Waals surface area contributed by atoms with Crippen LogP contribution in [-0.4, -0.2) is 64.3 Å². The number of cyclic esters (lactones) is 1. The van der Waals surface area contributed by atoms with Crippen molar-refractivity contribution in [2.75, 3.05) is 34.7 Å². The number of aliphatic hydroxyl groups is 1. The molecule has 10 nitrogen and oxygen atoms in total. The van der Waals surface area contributed by atoms with E-state index in [1.54, 1.807) is 39.5 Å². The molecule has 38 heavy (non-hydrogen) atoms. The summed E-state index contributed by atoms with van der Waals surface area (Å²) in [5, 5.41) is 12.3. The molecule has 4 unspecified atom stereocenters. The molecule has 3 aliphatic rings. The molecule has 0 aromatic heterocycles. The standard InChI is InChI=1S/C28H28O10/c1-13-22(33-4)11-35-28(25(13)29)38-26-16-9-20(32-3)19(31-2)8-15(16)23(24-17(26)10-34-27(24)30)14-5-6-18-21(7-14)37-12-36-18/h5-9,13,22,25,28-29H,10-12H2,1-4H3. The van der Waals surface area contributed by atoms with Crippen molar-refractivity contribution >= 4 is 16.7 Å². The number of ether oxygens (including phenoxy) is 8. The van der Waals surface area contributed by atoms with E-state index in [2.05, 4.69) is 0 Å². The van der Waals surface area contributed by atoms with Gasteiger partial charge < -0.3 is 43.0 Å². The van der Waals surface area contributed by atoms with E-state index in [0.29, 0.717) is 56.2 Å². The average Bonchev–Trinajstić information content (AvgIpc) is 3.56. The Labute approximate surface area is 218 Å². The number of esters is 1. The van der Waals surface area contributed by atoms with Gasteiger partial charge in [-0.05, 0) is 35.2 Å². The molecule has 3 aromatic rings. The molecule has 1 N–H and O–H groups in total. The van der Waals surface area contributed by atoms with E-state index in [9.17, 15) is 9.90 Å². The first kappa shape index (κ1) is 24.6. The van der Waals surface area contributed by atoms with Gasteiger partial charge in [-0.15, -0.1) is 0 Å². The molecule has 0 bridgehead atoms. The predicted octanol–water partition coefficient (Wildman–Crippen LogP) is 3.67. The second-order valence-corrected chi connectivity index (χ2v) is 9.40. The number of rotatable bonds is 6. The average molecular weight is 525 g/mol. The van der Waals surface area contributed by atoms with Crippen LogP contribution in [-0.2, 0) is 20.8 Å². The Hall–Kier alpha value is -3.73. The van der Waals surface area contributed by atoms with Crippen molar-refractivity contribution in [2.24, 2.45) is 5.92 Å². The van der Waals surface area contributed by atoms with Gasteiger partial charge in [-0.2, -0.15) is 0 Å². The van der Waals surface area contributed by atoms with Gasteiger partial charge in [0.1, 0.15) is 18.5 Å². The summed E-state index contributed by atoms with van der Waals surface area (Å²) in [7, 11) is 4.67. The van der Waals surface area contributed by atoms with Crippen molar-refractivity contribution in [1.29, 1.82) is 0 Å². The molecule has 3 aromatic carbocycles. The molecule has 4 atom stereocenters. The summed E-state index contributed by atoms with van der Waals surface area (Å²) < 4.78 is 45.4. The molecule has 0 amide bonds. The normalized spacial score (nSPS) is 23.8. The highest BCUT2D eigenvalue weighted by molar-refractivity contribution is 6.14. The summed E-state index contributed by atoms with van der Waals surface area (Å²) >= 11 is 0. The lowest BCUT2D eigenvalue weighted by molar-refractivity contribution is -0.226. The van der Waals surface area contributed by atoms with Crippen LogP contribution in [0.4, 0.5) is 0 Å². The van der Waals surface area contributed by atoms with E-state index in [4.69, 9.17) is 37.9 Å². The van der Waals surface area contributed by atoms with Gasteiger partial charge in [-0.3, -0.25) is 0 Å². The monoisotopic (exact) mass is 524 g/mol. The molecule has 0 aliphatic carbocycles. The molecule has 0 saturated carbocycles. The molecule has 0 radical (unpaired) electrons. The summed E-state index contributed by atoms with van der Waals surface area (Å²) in [6.07, 6.45) is -2.22. The SMILES string of the molecule is COc1cc2c(OC3OCC(OC)C(C)C3O)c3c(c(-c4ccc5c(c4)OCO5)c2cc1OC)C(=O)OC3. The lowest BCUT2D eigenvalue weighted by atomic mass is 9.89. The Kier molecular flexibility index (Phi) is 6.17. The zero-order valence-corrected chi connectivity index (χ0v) is 21.4.